The van der Waals surface area contributed by atoms with Crippen LogP contribution in [0.1, 0.15) is 17.2 Å². The Morgan fingerprint density at radius 1 is 1.10 bits per heavy atom. The van der Waals surface area contributed by atoms with Gasteiger partial charge in [-0.15, -0.1) is 0 Å². The van der Waals surface area contributed by atoms with E-state index in [2.05, 4.69) is 15.0 Å². The number of ether oxygens (including phenoxy) is 4. The molecule has 5 atom stereocenters. The second-order valence-electron chi connectivity index (χ2n) is 8.01. The SMILES string of the molecule is O[C@@H]1CO[C@H]2[C@@H]1OC[C@H]2Oc1nc2nc(CC3COc4cccc(F)c43)c(F)cc2[nH]1. The van der Waals surface area contributed by atoms with Gasteiger partial charge in [-0.1, -0.05) is 6.07 Å². The number of hydrogen-bond donors (Lipinski definition) is 2. The fourth-order valence-corrected chi connectivity index (χ4v) is 4.53. The van der Waals surface area contributed by atoms with Gasteiger partial charge in [0.25, 0.3) is 6.01 Å². The molecule has 0 aliphatic carbocycles. The van der Waals surface area contributed by atoms with E-state index in [9.17, 15) is 13.9 Å². The zero-order valence-electron chi connectivity index (χ0n) is 16.3. The molecule has 1 aromatic carbocycles. The average Bonchev–Trinajstić information content (AvgIpc) is 3.50. The van der Waals surface area contributed by atoms with E-state index in [-0.39, 0.29) is 55.8 Å². The lowest BCUT2D eigenvalue weighted by atomic mass is 9.95. The van der Waals surface area contributed by atoms with Crippen molar-refractivity contribution in [1.82, 2.24) is 15.0 Å². The van der Waals surface area contributed by atoms with E-state index in [0.29, 0.717) is 22.5 Å². The van der Waals surface area contributed by atoms with Crippen molar-refractivity contribution in [2.24, 2.45) is 0 Å². The number of rotatable bonds is 4. The minimum absolute atomic E-state index is 0.166. The van der Waals surface area contributed by atoms with Crippen molar-refractivity contribution in [2.45, 2.75) is 36.8 Å². The number of aromatic nitrogens is 3. The quantitative estimate of drug-likeness (QED) is 0.651. The second-order valence-corrected chi connectivity index (χ2v) is 8.01. The molecule has 2 fully saturated rings. The zero-order valence-corrected chi connectivity index (χ0v) is 16.3. The number of aliphatic hydroxyl groups excluding tert-OH is 1. The number of hydrogen-bond acceptors (Lipinski definition) is 7. The smallest absolute Gasteiger partial charge is 0.296 e. The summed E-state index contributed by atoms with van der Waals surface area (Å²) >= 11 is 0. The molecule has 2 aromatic heterocycles. The topological polar surface area (TPSA) is 98.7 Å². The lowest BCUT2D eigenvalue weighted by Crippen LogP contribution is -2.34. The Hall–Kier alpha value is -2.82. The first-order valence-corrected chi connectivity index (χ1v) is 10.1. The molecule has 0 saturated carbocycles. The van der Waals surface area contributed by atoms with E-state index >= 15 is 0 Å². The van der Waals surface area contributed by atoms with Gasteiger partial charge in [-0.3, -0.25) is 0 Å². The van der Waals surface area contributed by atoms with Crippen molar-refractivity contribution in [3.8, 4) is 11.8 Å². The number of H-pyrrole nitrogens is 1. The van der Waals surface area contributed by atoms with E-state index in [1.54, 1.807) is 12.1 Å². The standard InChI is InChI=1S/C21H19F2N3O5/c22-10-2-1-3-15-17(10)9(6-28-15)4-12-11(23)5-13-20(24-12)26-21(25-13)31-16-8-30-18-14(27)7-29-19(16)18/h1-3,5,9,14,16,18-19,27H,4,6-8H2,(H,24,25,26)/t9?,14-,16-,18-,19-/m1/s1. The Labute approximate surface area is 175 Å². The van der Waals surface area contributed by atoms with Gasteiger partial charge in [0, 0.05) is 24.0 Å². The highest BCUT2D eigenvalue weighted by Crippen LogP contribution is 2.38. The lowest BCUT2D eigenvalue weighted by molar-refractivity contribution is 0.00706. The van der Waals surface area contributed by atoms with Gasteiger partial charge >= 0.3 is 0 Å². The third kappa shape index (κ3) is 3.13. The van der Waals surface area contributed by atoms with Gasteiger partial charge in [0.15, 0.2) is 11.8 Å². The summed E-state index contributed by atoms with van der Waals surface area (Å²) in [6.45, 7) is 0.712. The summed E-state index contributed by atoms with van der Waals surface area (Å²) in [7, 11) is 0. The number of nitrogens with zero attached hydrogens (tertiary/aromatic N) is 2. The Morgan fingerprint density at radius 3 is 2.87 bits per heavy atom. The first-order chi connectivity index (χ1) is 15.1. The van der Waals surface area contributed by atoms with Crippen molar-refractivity contribution in [2.75, 3.05) is 19.8 Å². The van der Waals surface area contributed by atoms with Crippen molar-refractivity contribution in [3.05, 3.63) is 47.2 Å². The van der Waals surface area contributed by atoms with E-state index in [4.69, 9.17) is 18.9 Å². The Kier molecular flexibility index (Phi) is 4.34. The Balaban J connectivity index is 1.24. The third-order valence-corrected chi connectivity index (χ3v) is 6.02. The van der Waals surface area contributed by atoms with Crippen molar-refractivity contribution < 1.29 is 32.8 Å². The number of benzene rings is 1. The van der Waals surface area contributed by atoms with E-state index in [1.807, 2.05) is 0 Å². The lowest BCUT2D eigenvalue weighted by Gasteiger charge is -2.15. The molecule has 0 bridgehead atoms. The predicted molar refractivity (Wildman–Crippen MR) is 102 cm³/mol. The minimum atomic E-state index is -0.679. The van der Waals surface area contributed by atoms with Gasteiger partial charge in [-0.05, 0) is 12.1 Å². The number of pyridine rings is 1. The van der Waals surface area contributed by atoms with Crippen molar-refractivity contribution >= 4 is 11.2 Å². The summed E-state index contributed by atoms with van der Waals surface area (Å²) in [4.78, 5) is 11.6. The van der Waals surface area contributed by atoms with Crippen LogP contribution in [0.5, 0.6) is 11.8 Å². The summed E-state index contributed by atoms with van der Waals surface area (Å²) in [5, 5.41) is 9.84. The van der Waals surface area contributed by atoms with Crippen LogP contribution < -0.4 is 9.47 Å². The molecule has 3 aliphatic rings. The Morgan fingerprint density at radius 2 is 1.97 bits per heavy atom. The van der Waals surface area contributed by atoms with Crippen LogP contribution in [0.2, 0.25) is 0 Å². The van der Waals surface area contributed by atoms with Crippen LogP contribution in [0.4, 0.5) is 8.78 Å². The Bertz CT molecular complexity index is 1160. The number of aromatic amines is 1. The molecule has 2 saturated heterocycles. The van der Waals surface area contributed by atoms with Gasteiger partial charge < -0.3 is 29.0 Å². The first-order valence-electron chi connectivity index (χ1n) is 10.1. The summed E-state index contributed by atoms with van der Waals surface area (Å²) in [6, 6.07) is 6.13. The van der Waals surface area contributed by atoms with Gasteiger partial charge in [0.1, 0.15) is 35.7 Å². The molecule has 31 heavy (non-hydrogen) atoms. The largest absolute Gasteiger partial charge is 0.493 e. The number of fused-ring (bicyclic) bond motifs is 3. The maximum Gasteiger partial charge on any atom is 0.296 e. The number of halogens is 2. The van der Waals surface area contributed by atoms with E-state index in [1.165, 1.54) is 12.1 Å². The van der Waals surface area contributed by atoms with Crippen LogP contribution in [-0.2, 0) is 15.9 Å². The van der Waals surface area contributed by atoms with Crippen LogP contribution in [0, 0.1) is 11.6 Å². The van der Waals surface area contributed by atoms with Gasteiger partial charge in [-0.25, -0.2) is 13.8 Å². The molecular weight excluding hydrogens is 412 g/mol. The normalized spacial score (nSPS) is 29.2. The van der Waals surface area contributed by atoms with Gasteiger partial charge in [0.2, 0.25) is 0 Å². The average molecular weight is 431 g/mol. The fraction of sp³-hybridized carbons (Fsp3) is 0.429. The molecule has 0 radical (unpaired) electrons. The zero-order chi connectivity index (χ0) is 21.1. The fourth-order valence-electron chi connectivity index (χ4n) is 4.53. The molecule has 162 valence electrons. The summed E-state index contributed by atoms with van der Waals surface area (Å²) in [5.41, 5.74) is 1.31. The highest BCUT2D eigenvalue weighted by atomic mass is 19.1. The molecule has 0 amide bonds. The number of imidazole rings is 1. The molecular formula is C21H19F2N3O5. The van der Waals surface area contributed by atoms with Crippen LogP contribution in [0.25, 0.3) is 11.2 Å². The molecule has 5 heterocycles. The molecule has 3 aliphatic heterocycles. The van der Waals surface area contributed by atoms with E-state index in [0.717, 1.165) is 0 Å². The molecule has 2 N–H and O–H groups in total. The van der Waals surface area contributed by atoms with Gasteiger partial charge in [0.05, 0.1) is 31.0 Å². The summed E-state index contributed by atoms with van der Waals surface area (Å²) in [5.74, 6) is -0.727. The monoisotopic (exact) mass is 431 g/mol. The molecule has 3 aromatic rings. The maximum atomic E-state index is 14.7. The van der Waals surface area contributed by atoms with Crippen molar-refractivity contribution in [1.29, 1.82) is 0 Å². The molecule has 8 nitrogen and oxygen atoms in total. The van der Waals surface area contributed by atoms with Crippen LogP contribution in [0.3, 0.4) is 0 Å². The highest BCUT2D eigenvalue weighted by molar-refractivity contribution is 5.71. The summed E-state index contributed by atoms with van der Waals surface area (Å²) in [6.07, 6.45) is -1.75. The highest BCUT2D eigenvalue weighted by Gasteiger charge is 2.48. The predicted octanol–water partition coefficient (Wildman–Crippen LogP) is 1.86. The van der Waals surface area contributed by atoms with Crippen LogP contribution in [-0.4, -0.2) is 64.3 Å². The molecule has 6 rings (SSSR count). The molecule has 0 spiro atoms. The first kappa shape index (κ1) is 18.9. The van der Waals surface area contributed by atoms with E-state index < -0.39 is 24.1 Å². The minimum Gasteiger partial charge on any atom is -0.493 e. The van der Waals surface area contributed by atoms with Crippen molar-refractivity contribution in [3.63, 3.8) is 0 Å². The maximum absolute atomic E-state index is 14.7. The number of aliphatic hydroxyl groups is 1. The van der Waals surface area contributed by atoms with Crippen LogP contribution in [0.15, 0.2) is 24.3 Å². The molecule has 1 unspecified atom stereocenters. The van der Waals surface area contributed by atoms with Crippen LogP contribution >= 0.6 is 0 Å². The third-order valence-electron chi connectivity index (χ3n) is 6.02. The second kappa shape index (κ2) is 7.11. The van der Waals surface area contributed by atoms with Gasteiger partial charge in [-0.2, -0.15) is 4.98 Å². The summed E-state index contributed by atoms with van der Waals surface area (Å²) < 4.78 is 51.4. The molecule has 10 heteroatoms. The number of nitrogens with one attached hydrogen (secondary N) is 1.